The first-order valence-electron chi connectivity index (χ1n) is 8.87. The number of hydrogen-bond acceptors (Lipinski definition) is 3. The quantitative estimate of drug-likeness (QED) is 0.849. The van der Waals surface area contributed by atoms with Crippen LogP contribution in [0.4, 0.5) is 0 Å². The molecule has 0 N–H and O–H groups in total. The van der Waals surface area contributed by atoms with Gasteiger partial charge in [-0.3, -0.25) is 9.59 Å². The maximum atomic E-state index is 12.6. The average Bonchev–Trinajstić information content (AvgIpc) is 2.79. The number of amides is 2. The fourth-order valence-electron chi connectivity index (χ4n) is 3.37. The second-order valence-electron chi connectivity index (χ2n) is 6.72. The van der Waals surface area contributed by atoms with Crippen LogP contribution >= 0.6 is 0 Å². The molecule has 3 rings (SSSR count). The Morgan fingerprint density at radius 1 is 1.08 bits per heavy atom. The first-order valence-corrected chi connectivity index (χ1v) is 8.87. The van der Waals surface area contributed by atoms with Crippen LogP contribution in [0.5, 0.6) is 5.75 Å². The molecular formula is C19H26N2O3. The summed E-state index contributed by atoms with van der Waals surface area (Å²) in [5.41, 5.74) is 0.964. The van der Waals surface area contributed by atoms with Gasteiger partial charge in [0.15, 0.2) is 0 Å². The monoisotopic (exact) mass is 330 g/mol. The number of carbonyl (C=O) groups excluding carboxylic acids is 2. The van der Waals surface area contributed by atoms with Gasteiger partial charge in [0.1, 0.15) is 5.75 Å². The standard InChI is InChI=1S/C19H26N2O3/c1-24-17-8-2-5-15(13-17)14-18(22)20-9-4-10-21(12-11-20)19(23)16-6-3-7-16/h2,5,8,13,16H,3-4,6-7,9-12,14H2,1H3. The predicted octanol–water partition coefficient (Wildman–Crippen LogP) is 2.10. The van der Waals surface area contributed by atoms with Gasteiger partial charge in [-0.25, -0.2) is 0 Å². The zero-order valence-electron chi connectivity index (χ0n) is 14.4. The lowest BCUT2D eigenvalue weighted by atomic mass is 9.84. The number of carbonyl (C=O) groups is 2. The van der Waals surface area contributed by atoms with Crippen molar-refractivity contribution in [2.75, 3.05) is 33.3 Å². The van der Waals surface area contributed by atoms with Gasteiger partial charge in [0.25, 0.3) is 0 Å². The maximum Gasteiger partial charge on any atom is 0.227 e. The van der Waals surface area contributed by atoms with E-state index in [1.54, 1.807) is 7.11 Å². The van der Waals surface area contributed by atoms with E-state index in [0.29, 0.717) is 25.4 Å². The van der Waals surface area contributed by atoms with Gasteiger partial charge < -0.3 is 14.5 Å². The molecule has 0 spiro atoms. The minimum Gasteiger partial charge on any atom is -0.497 e. The predicted molar refractivity (Wildman–Crippen MR) is 91.8 cm³/mol. The van der Waals surface area contributed by atoms with Crippen LogP contribution in [0.15, 0.2) is 24.3 Å². The number of hydrogen-bond donors (Lipinski definition) is 0. The van der Waals surface area contributed by atoms with E-state index >= 15 is 0 Å². The summed E-state index contributed by atoms with van der Waals surface area (Å²) in [6, 6.07) is 7.64. The molecule has 2 aliphatic rings. The smallest absolute Gasteiger partial charge is 0.227 e. The van der Waals surface area contributed by atoms with Gasteiger partial charge in [-0.2, -0.15) is 0 Å². The molecular weight excluding hydrogens is 304 g/mol. The van der Waals surface area contributed by atoms with E-state index in [1.165, 1.54) is 6.42 Å². The Morgan fingerprint density at radius 2 is 1.83 bits per heavy atom. The Labute approximate surface area is 143 Å². The number of rotatable bonds is 4. The van der Waals surface area contributed by atoms with E-state index in [9.17, 15) is 9.59 Å². The van der Waals surface area contributed by atoms with Crippen molar-refractivity contribution in [3.63, 3.8) is 0 Å². The molecule has 130 valence electrons. The molecule has 0 atom stereocenters. The van der Waals surface area contributed by atoms with Crippen molar-refractivity contribution in [1.29, 1.82) is 0 Å². The molecule has 5 nitrogen and oxygen atoms in total. The van der Waals surface area contributed by atoms with Gasteiger partial charge in [-0.05, 0) is 37.0 Å². The van der Waals surface area contributed by atoms with E-state index in [0.717, 1.165) is 43.7 Å². The highest BCUT2D eigenvalue weighted by molar-refractivity contribution is 5.80. The van der Waals surface area contributed by atoms with Gasteiger partial charge in [0, 0.05) is 32.1 Å². The van der Waals surface area contributed by atoms with E-state index in [2.05, 4.69) is 0 Å². The first kappa shape index (κ1) is 16.8. The summed E-state index contributed by atoms with van der Waals surface area (Å²) in [5, 5.41) is 0. The SMILES string of the molecule is COc1cccc(CC(=O)N2CCCN(C(=O)C3CCC3)CC2)c1. The van der Waals surface area contributed by atoms with Crippen LogP contribution in [0.3, 0.4) is 0 Å². The Bertz CT molecular complexity index is 598. The minimum atomic E-state index is 0.126. The molecule has 5 heteroatoms. The van der Waals surface area contributed by atoms with Crippen LogP contribution in [0.2, 0.25) is 0 Å². The summed E-state index contributed by atoms with van der Waals surface area (Å²) in [6.45, 7) is 2.82. The third-order valence-corrected chi connectivity index (χ3v) is 5.10. The maximum absolute atomic E-state index is 12.6. The van der Waals surface area contributed by atoms with Crippen molar-refractivity contribution in [3.05, 3.63) is 29.8 Å². The fraction of sp³-hybridized carbons (Fsp3) is 0.579. The second kappa shape index (κ2) is 7.69. The van der Waals surface area contributed by atoms with Crippen molar-refractivity contribution in [3.8, 4) is 5.75 Å². The number of ether oxygens (including phenoxy) is 1. The topological polar surface area (TPSA) is 49.9 Å². The molecule has 1 aromatic rings. The van der Waals surface area contributed by atoms with Crippen LogP contribution < -0.4 is 4.74 Å². The average molecular weight is 330 g/mol. The molecule has 2 fully saturated rings. The fourth-order valence-corrected chi connectivity index (χ4v) is 3.37. The number of benzene rings is 1. The lowest BCUT2D eigenvalue weighted by Gasteiger charge is -2.31. The number of methoxy groups -OCH3 is 1. The van der Waals surface area contributed by atoms with Gasteiger partial charge in [-0.15, -0.1) is 0 Å². The van der Waals surface area contributed by atoms with Crippen LogP contribution in [-0.4, -0.2) is 54.9 Å². The molecule has 24 heavy (non-hydrogen) atoms. The van der Waals surface area contributed by atoms with Crippen LogP contribution in [-0.2, 0) is 16.0 Å². The summed E-state index contributed by atoms with van der Waals surface area (Å²) in [6.07, 6.45) is 4.49. The van der Waals surface area contributed by atoms with Crippen LogP contribution in [0.25, 0.3) is 0 Å². The molecule has 0 unspecified atom stereocenters. The zero-order valence-corrected chi connectivity index (χ0v) is 14.4. The molecule has 1 aliphatic heterocycles. The Kier molecular flexibility index (Phi) is 5.38. The van der Waals surface area contributed by atoms with E-state index < -0.39 is 0 Å². The molecule has 1 heterocycles. The number of nitrogens with zero attached hydrogens (tertiary/aromatic N) is 2. The highest BCUT2D eigenvalue weighted by Gasteiger charge is 2.30. The summed E-state index contributed by atoms with van der Waals surface area (Å²) in [5.74, 6) is 1.43. The van der Waals surface area contributed by atoms with Crippen LogP contribution in [0, 0.1) is 5.92 Å². The van der Waals surface area contributed by atoms with Crippen molar-refractivity contribution >= 4 is 11.8 Å². The molecule has 1 saturated carbocycles. The normalized spacial score (nSPS) is 18.7. The summed E-state index contributed by atoms with van der Waals surface area (Å²) >= 11 is 0. The van der Waals surface area contributed by atoms with Crippen molar-refractivity contribution < 1.29 is 14.3 Å². The molecule has 0 bridgehead atoms. The Balaban J connectivity index is 1.54. The summed E-state index contributed by atoms with van der Waals surface area (Å²) < 4.78 is 5.21. The lowest BCUT2D eigenvalue weighted by Crippen LogP contribution is -2.41. The lowest BCUT2D eigenvalue weighted by molar-refractivity contribution is -0.138. The van der Waals surface area contributed by atoms with E-state index in [1.807, 2.05) is 34.1 Å². The third-order valence-electron chi connectivity index (χ3n) is 5.10. The minimum absolute atomic E-state index is 0.126. The molecule has 0 radical (unpaired) electrons. The van der Waals surface area contributed by atoms with Crippen molar-refractivity contribution in [1.82, 2.24) is 9.80 Å². The van der Waals surface area contributed by atoms with Crippen molar-refractivity contribution in [2.24, 2.45) is 5.92 Å². The molecule has 1 saturated heterocycles. The highest BCUT2D eigenvalue weighted by Crippen LogP contribution is 2.28. The third kappa shape index (κ3) is 3.89. The summed E-state index contributed by atoms with van der Waals surface area (Å²) in [4.78, 5) is 28.8. The van der Waals surface area contributed by atoms with E-state index in [4.69, 9.17) is 4.74 Å². The Morgan fingerprint density at radius 3 is 2.54 bits per heavy atom. The van der Waals surface area contributed by atoms with Gasteiger partial charge in [0.05, 0.1) is 13.5 Å². The first-order chi connectivity index (χ1) is 11.7. The summed E-state index contributed by atoms with van der Waals surface area (Å²) in [7, 11) is 1.63. The Hall–Kier alpha value is -2.04. The van der Waals surface area contributed by atoms with Gasteiger partial charge in [0.2, 0.25) is 11.8 Å². The van der Waals surface area contributed by atoms with Gasteiger partial charge >= 0.3 is 0 Å². The molecule has 0 aromatic heterocycles. The molecule has 2 amide bonds. The second-order valence-corrected chi connectivity index (χ2v) is 6.72. The van der Waals surface area contributed by atoms with Crippen LogP contribution in [0.1, 0.15) is 31.2 Å². The largest absolute Gasteiger partial charge is 0.497 e. The molecule has 1 aliphatic carbocycles. The van der Waals surface area contributed by atoms with Gasteiger partial charge in [-0.1, -0.05) is 18.6 Å². The van der Waals surface area contributed by atoms with E-state index in [-0.39, 0.29) is 11.8 Å². The molecule has 1 aromatic carbocycles. The zero-order chi connectivity index (χ0) is 16.9. The highest BCUT2D eigenvalue weighted by atomic mass is 16.5. The van der Waals surface area contributed by atoms with Crippen molar-refractivity contribution in [2.45, 2.75) is 32.1 Å².